The summed E-state index contributed by atoms with van der Waals surface area (Å²) in [5.41, 5.74) is 8.29. The van der Waals surface area contributed by atoms with Gasteiger partial charge in [-0.05, 0) is 18.9 Å². The van der Waals surface area contributed by atoms with Crippen LogP contribution in [0.3, 0.4) is 0 Å². The standard InChI is InChI=1S/C10H16N4/c11-3-7-1-8-2-9-10(13-6-12-9)5-14(8)4-7/h6-8H,1-5,11H2,(H,12,13)/t7-,8+/m1/s1. The molecule has 4 heteroatoms. The molecule has 0 bridgehead atoms. The molecule has 1 saturated heterocycles. The lowest BCUT2D eigenvalue weighted by Crippen LogP contribution is -2.35. The Morgan fingerprint density at radius 1 is 1.64 bits per heavy atom. The smallest absolute Gasteiger partial charge is 0.0925 e. The van der Waals surface area contributed by atoms with Crippen LogP contribution in [0, 0.1) is 5.92 Å². The predicted octanol–water partition coefficient (Wildman–Crippen LogP) is 0.115. The topological polar surface area (TPSA) is 57.9 Å². The van der Waals surface area contributed by atoms with Crippen molar-refractivity contribution in [1.29, 1.82) is 0 Å². The minimum atomic E-state index is 0.694. The molecule has 2 atom stereocenters. The molecule has 2 aliphatic rings. The molecule has 3 rings (SSSR count). The van der Waals surface area contributed by atoms with Gasteiger partial charge in [-0.1, -0.05) is 0 Å². The van der Waals surface area contributed by atoms with E-state index in [9.17, 15) is 0 Å². The number of imidazole rings is 1. The second-order valence-corrected chi connectivity index (χ2v) is 4.45. The van der Waals surface area contributed by atoms with Gasteiger partial charge in [0.2, 0.25) is 0 Å². The fraction of sp³-hybridized carbons (Fsp3) is 0.700. The average Bonchev–Trinajstić information content (AvgIpc) is 2.77. The molecule has 0 aliphatic carbocycles. The molecule has 0 radical (unpaired) electrons. The molecule has 0 saturated carbocycles. The van der Waals surface area contributed by atoms with Gasteiger partial charge in [0.25, 0.3) is 0 Å². The molecule has 0 aromatic carbocycles. The fourth-order valence-electron chi connectivity index (χ4n) is 2.75. The predicted molar refractivity (Wildman–Crippen MR) is 53.7 cm³/mol. The van der Waals surface area contributed by atoms with Crippen LogP contribution in [0.1, 0.15) is 17.8 Å². The van der Waals surface area contributed by atoms with E-state index in [-0.39, 0.29) is 0 Å². The SMILES string of the molecule is NC[C@H]1C[C@H]2Cc3nc[nH]c3CN2C1. The number of aromatic nitrogens is 2. The van der Waals surface area contributed by atoms with Gasteiger partial charge in [-0.25, -0.2) is 4.98 Å². The van der Waals surface area contributed by atoms with Crippen molar-refractivity contribution in [2.24, 2.45) is 11.7 Å². The Hall–Kier alpha value is -0.870. The molecule has 1 aromatic heterocycles. The normalized spacial score (nSPS) is 31.5. The number of rotatable bonds is 1. The van der Waals surface area contributed by atoms with Crippen molar-refractivity contribution in [3.05, 3.63) is 17.7 Å². The van der Waals surface area contributed by atoms with E-state index in [1.54, 1.807) is 0 Å². The Labute approximate surface area is 83.5 Å². The minimum absolute atomic E-state index is 0.694. The number of hydrogen-bond acceptors (Lipinski definition) is 3. The van der Waals surface area contributed by atoms with Crippen LogP contribution in [0.2, 0.25) is 0 Å². The van der Waals surface area contributed by atoms with Crippen molar-refractivity contribution in [2.75, 3.05) is 13.1 Å². The third-order valence-corrected chi connectivity index (χ3v) is 3.55. The molecule has 1 aromatic rings. The molecular formula is C10H16N4. The number of nitrogens with zero attached hydrogens (tertiary/aromatic N) is 2. The summed E-state index contributed by atoms with van der Waals surface area (Å²) in [6.45, 7) is 3.03. The largest absolute Gasteiger partial charge is 0.347 e. The summed E-state index contributed by atoms with van der Waals surface area (Å²) >= 11 is 0. The summed E-state index contributed by atoms with van der Waals surface area (Å²) < 4.78 is 0. The van der Waals surface area contributed by atoms with Gasteiger partial charge in [0.05, 0.1) is 17.7 Å². The Morgan fingerprint density at radius 2 is 2.57 bits per heavy atom. The molecule has 3 N–H and O–H groups in total. The first-order chi connectivity index (χ1) is 6.86. The zero-order valence-corrected chi connectivity index (χ0v) is 8.24. The number of fused-ring (bicyclic) bond motifs is 2. The average molecular weight is 192 g/mol. The van der Waals surface area contributed by atoms with Gasteiger partial charge in [-0.3, -0.25) is 4.90 Å². The maximum Gasteiger partial charge on any atom is 0.0925 e. The molecule has 0 amide bonds. The minimum Gasteiger partial charge on any atom is -0.347 e. The van der Waals surface area contributed by atoms with Gasteiger partial charge >= 0.3 is 0 Å². The van der Waals surface area contributed by atoms with Crippen molar-refractivity contribution in [3.63, 3.8) is 0 Å². The van der Waals surface area contributed by atoms with Crippen molar-refractivity contribution in [3.8, 4) is 0 Å². The van der Waals surface area contributed by atoms with Crippen molar-refractivity contribution in [2.45, 2.75) is 25.4 Å². The summed E-state index contributed by atoms with van der Waals surface area (Å²) in [7, 11) is 0. The monoisotopic (exact) mass is 192 g/mol. The quantitative estimate of drug-likeness (QED) is 0.664. The highest BCUT2D eigenvalue weighted by atomic mass is 15.2. The second kappa shape index (κ2) is 3.07. The number of H-pyrrole nitrogens is 1. The van der Waals surface area contributed by atoms with E-state index < -0.39 is 0 Å². The maximum atomic E-state index is 5.72. The van der Waals surface area contributed by atoms with Crippen LogP contribution >= 0.6 is 0 Å². The van der Waals surface area contributed by atoms with Crippen molar-refractivity contribution < 1.29 is 0 Å². The second-order valence-electron chi connectivity index (χ2n) is 4.45. The molecule has 4 nitrogen and oxygen atoms in total. The Balaban J connectivity index is 1.82. The van der Waals surface area contributed by atoms with Gasteiger partial charge < -0.3 is 10.7 Å². The molecule has 76 valence electrons. The molecule has 3 heterocycles. The van der Waals surface area contributed by atoms with Crippen LogP contribution in [-0.2, 0) is 13.0 Å². The van der Waals surface area contributed by atoms with Crippen LogP contribution in [0.4, 0.5) is 0 Å². The molecule has 0 unspecified atom stereocenters. The van der Waals surface area contributed by atoms with E-state index >= 15 is 0 Å². The van der Waals surface area contributed by atoms with E-state index in [1.165, 1.54) is 24.4 Å². The Kier molecular flexibility index (Phi) is 1.85. The van der Waals surface area contributed by atoms with E-state index in [2.05, 4.69) is 14.9 Å². The van der Waals surface area contributed by atoms with Crippen molar-refractivity contribution in [1.82, 2.24) is 14.9 Å². The third-order valence-electron chi connectivity index (χ3n) is 3.55. The van der Waals surface area contributed by atoms with Crippen LogP contribution in [0.25, 0.3) is 0 Å². The highest BCUT2D eigenvalue weighted by Gasteiger charge is 2.35. The van der Waals surface area contributed by atoms with Gasteiger partial charge in [0, 0.05) is 25.6 Å². The van der Waals surface area contributed by atoms with E-state index in [4.69, 9.17) is 5.73 Å². The fourth-order valence-corrected chi connectivity index (χ4v) is 2.75. The molecular weight excluding hydrogens is 176 g/mol. The lowest BCUT2D eigenvalue weighted by molar-refractivity contribution is 0.221. The number of nitrogens with one attached hydrogen (secondary N) is 1. The van der Waals surface area contributed by atoms with Crippen LogP contribution < -0.4 is 5.73 Å². The summed E-state index contributed by atoms with van der Waals surface area (Å²) in [6, 6.07) is 0.694. The zero-order valence-electron chi connectivity index (χ0n) is 8.24. The van der Waals surface area contributed by atoms with Crippen LogP contribution in [-0.4, -0.2) is 34.0 Å². The summed E-state index contributed by atoms with van der Waals surface area (Å²) in [6.07, 6.45) is 4.17. The molecule has 14 heavy (non-hydrogen) atoms. The number of hydrogen-bond donors (Lipinski definition) is 2. The van der Waals surface area contributed by atoms with Gasteiger partial charge in [0.1, 0.15) is 0 Å². The summed E-state index contributed by atoms with van der Waals surface area (Å²) in [5.74, 6) is 0.698. The summed E-state index contributed by atoms with van der Waals surface area (Å²) in [4.78, 5) is 10.1. The first-order valence-corrected chi connectivity index (χ1v) is 5.32. The van der Waals surface area contributed by atoms with E-state index in [1.807, 2.05) is 6.33 Å². The lowest BCUT2D eigenvalue weighted by Gasteiger charge is -2.28. The first-order valence-electron chi connectivity index (χ1n) is 5.32. The van der Waals surface area contributed by atoms with Crippen molar-refractivity contribution >= 4 is 0 Å². The van der Waals surface area contributed by atoms with Gasteiger partial charge in [-0.15, -0.1) is 0 Å². The van der Waals surface area contributed by atoms with E-state index in [0.29, 0.717) is 12.0 Å². The zero-order chi connectivity index (χ0) is 9.54. The molecule has 1 fully saturated rings. The Morgan fingerprint density at radius 3 is 3.43 bits per heavy atom. The summed E-state index contributed by atoms with van der Waals surface area (Å²) in [5, 5.41) is 0. The molecule has 0 spiro atoms. The number of aromatic amines is 1. The third kappa shape index (κ3) is 1.18. The van der Waals surface area contributed by atoms with Gasteiger partial charge in [0.15, 0.2) is 0 Å². The Bertz CT molecular complexity index is 304. The van der Waals surface area contributed by atoms with Gasteiger partial charge in [-0.2, -0.15) is 0 Å². The highest BCUT2D eigenvalue weighted by molar-refractivity contribution is 5.17. The van der Waals surface area contributed by atoms with Crippen LogP contribution in [0.15, 0.2) is 6.33 Å². The number of nitrogens with two attached hydrogens (primary N) is 1. The molecule has 2 aliphatic heterocycles. The maximum absolute atomic E-state index is 5.72. The lowest BCUT2D eigenvalue weighted by atomic mass is 10.0. The highest BCUT2D eigenvalue weighted by Crippen LogP contribution is 2.30. The van der Waals surface area contributed by atoms with E-state index in [0.717, 1.165) is 19.5 Å². The van der Waals surface area contributed by atoms with Crippen LogP contribution in [0.5, 0.6) is 0 Å². The first kappa shape index (κ1) is 8.44.